The summed E-state index contributed by atoms with van der Waals surface area (Å²) in [6.07, 6.45) is 4.91. The molecule has 0 atom stereocenters. The number of pyridine rings is 1. The number of benzene rings is 1. The fourth-order valence-corrected chi connectivity index (χ4v) is 2.38. The minimum atomic E-state index is 0.387. The van der Waals surface area contributed by atoms with E-state index >= 15 is 0 Å². The maximum atomic E-state index is 6.15. The fourth-order valence-electron chi connectivity index (χ4n) is 2.05. The van der Waals surface area contributed by atoms with Crippen LogP contribution < -0.4 is 16.4 Å². The van der Waals surface area contributed by atoms with Gasteiger partial charge in [0.25, 0.3) is 0 Å². The molecule has 0 unspecified atom stereocenters. The number of nitrogens with zero attached hydrogens (tertiary/aromatic N) is 3. The second-order valence-electron chi connectivity index (χ2n) is 4.95. The van der Waals surface area contributed by atoms with Gasteiger partial charge in [-0.3, -0.25) is 4.98 Å². The summed E-state index contributed by atoms with van der Waals surface area (Å²) < 4.78 is 0. The van der Waals surface area contributed by atoms with E-state index in [1.165, 1.54) is 6.33 Å². The second kappa shape index (κ2) is 7.33. The molecule has 0 aliphatic heterocycles. The van der Waals surface area contributed by atoms with E-state index in [1.54, 1.807) is 30.6 Å². The van der Waals surface area contributed by atoms with E-state index in [9.17, 15) is 0 Å². The van der Waals surface area contributed by atoms with Crippen molar-refractivity contribution in [2.24, 2.45) is 0 Å². The van der Waals surface area contributed by atoms with Gasteiger partial charge in [0.2, 0.25) is 0 Å². The van der Waals surface area contributed by atoms with Crippen LogP contribution in [0.4, 0.5) is 23.0 Å². The Labute approximate surface area is 149 Å². The number of nitrogens with two attached hydrogens (primary N) is 1. The smallest absolute Gasteiger partial charge is 0.159 e. The first kappa shape index (κ1) is 16.3. The number of hydrogen-bond donors (Lipinski definition) is 3. The summed E-state index contributed by atoms with van der Waals surface area (Å²) in [5, 5.41) is 7.32. The summed E-state index contributed by atoms with van der Waals surface area (Å²) in [5.74, 6) is 0.970. The molecule has 0 aliphatic rings. The summed E-state index contributed by atoms with van der Waals surface area (Å²) in [6, 6.07) is 8.94. The first-order valence-electron chi connectivity index (χ1n) is 7.09. The largest absolute Gasteiger partial charge is 0.393 e. The normalized spacial score (nSPS) is 10.4. The van der Waals surface area contributed by atoms with Gasteiger partial charge >= 0.3 is 0 Å². The van der Waals surface area contributed by atoms with Gasteiger partial charge in [0.05, 0.1) is 10.7 Å². The zero-order chi connectivity index (χ0) is 16.9. The molecule has 0 amide bonds. The summed E-state index contributed by atoms with van der Waals surface area (Å²) >= 11 is 12.1. The lowest BCUT2D eigenvalue weighted by Gasteiger charge is -2.13. The van der Waals surface area contributed by atoms with Gasteiger partial charge in [-0.2, -0.15) is 0 Å². The Morgan fingerprint density at radius 1 is 1.08 bits per heavy atom. The lowest BCUT2D eigenvalue weighted by molar-refractivity contribution is 1.07. The van der Waals surface area contributed by atoms with Crippen LogP contribution in [0.5, 0.6) is 0 Å². The van der Waals surface area contributed by atoms with Gasteiger partial charge in [-0.1, -0.05) is 29.3 Å². The molecule has 4 N–H and O–H groups in total. The molecule has 24 heavy (non-hydrogen) atoms. The number of halogens is 2. The predicted molar refractivity (Wildman–Crippen MR) is 97.8 cm³/mol. The average Bonchev–Trinajstić information content (AvgIpc) is 2.60. The highest BCUT2D eigenvalue weighted by molar-refractivity contribution is 6.35. The van der Waals surface area contributed by atoms with Crippen molar-refractivity contribution in [1.29, 1.82) is 0 Å². The third-order valence-electron chi connectivity index (χ3n) is 3.25. The SMILES string of the molecule is Nc1c(NCc2cccnc2)ncnc1Nc1cc(Cl)ccc1Cl. The van der Waals surface area contributed by atoms with Gasteiger partial charge in [0.1, 0.15) is 12.0 Å². The molecule has 0 spiro atoms. The van der Waals surface area contributed by atoms with Crippen LogP contribution in [0.3, 0.4) is 0 Å². The molecule has 3 rings (SSSR count). The zero-order valence-electron chi connectivity index (χ0n) is 12.5. The van der Waals surface area contributed by atoms with Crippen LogP contribution in [0.1, 0.15) is 5.56 Å². The van der Waals surface area contributed by atoms with Gasteiger partial charge in [0.15, 0.2) is 11.6 Å². The van der Waals surface area contributed by atoms with Crippen molar-refractivity contribution in [3.63, 3.8) is 0 Å². The van der Waals surface area contributed by atoms with E-state index in [1.807, 2.05) is 12.1 Å². The third kappa shape index (κ3) is 3.84. The van der Waals surface area contributed by atoms with E-state index in [0.29, 0.717) is 39.6 Å². The van der Waals surface area contributed by atoms with Crippen molar-refractivity contribution in [3.05, 3.63) is 64.7 Å². The Balaban J connectivity index is 1.79. The van der Waals surface area contributed by atoms with Gasteiger partial charge in [-0.25, -0.2) is 9.97 Å². The number of nitrogens with one attached hydrogen (secondary N) is 2. The minimum absolute atomic E-state index is 0.387. The van der Waals surface area contributed by atoms with E-state index in [4.69, 9.17) is 28.9 Å². The number of anilines is 4. The van der Waals surface area contributed by atoms with Gasteiger partial charge < -0.3 is 16.4 Å². The number of nitrogen functional groups attached to an aromatic ring is 1. The molecule has 3 aromatic rings. The van der Waals surface area contributed by atoms with E-state index < -0.39 is 0 Å². The molecule has 2 aromatic heterocycles. The highest BCUT2D eigenvalue weighted by Crippen LogP contribution is 2.31. The first-order valence-corrected chi connectivity index (χ1v) is 7.84. The van der Waals surface area contributed by atoms with Gasteiger partial charge in [-0.15, -0.1) is 0 Å². The van der Waals surface area contributed by atoms with Crippen LogP contribution >= 0.6 is 23.2 Å². The average molecular weight is 361 g/mol. The van der Waals surface area contributed by atoms with Crippen LogP contribution in [0.25, 0.3) is 0 Å². The molecule has 1 aromatic carbocycles. The maximum absolute atomic E-state index is 6.15. The number of hydrogen-bond acceptors (Lipinski definition) is 6. The second-order valence-corrected chi connectivity index (χ2v) is 5.79. The molecule has 0 fully saturated rings. The molecule has 122 valence electrons. The Hall–Kier alpha value is -2.57. The van der Waals surface area contributed by atoms with Crippen molar-refractivity contribution < 1.29 is 0 Å². The summed E-state index contributed by atoms with van der Waals surface area (Å²) in [7, 11) is 0. The van der Waals surface area contributed by atoms with E-state index in [2.05, 4.69) is 25.6 Å². The predicted octanol–water partition coefficient (Wildman–Crippen LogP) is 4.12. The van der Waals surface area contributed by atoms with Crippen molar-refractivity contribution in [2.75, 3.05) is 16.4 Å². The molecule has 0 aliphatic carbocycles. The molecule has 8 heteroatoms. The Kier molecular flexibility index (Phi) is 4.98. The topological polar surface area (TPSA) is 88.8 Å². The van der Waals surface area contributed by atoms with Crippen molar-refractivity contribution >= 4 is 46.2 Å². The molecule has 0 saturated heterocycles. The van der Waals surface area contributed by atoms with Crippen LogP contribution in [0.15, 0.2) is 49.1 Å². The lowest BCUT2D eigenvalue weighted by atomic mass is 10.3. The first-order chi connectivity index (χ1) is 11.6. The van der Waals surface area contributed by atoms with Gasteiger partial charge in [0, 0.05) is 24.0 Å². The molecule has 0 bridgehead atoms. The Morgan fingerprint density at radius 2 is 1.92 bits per heavy atom. The van der Waals surface area contributed by atoms with E-state index in [0.717, 1.165) is 5.56 Å². The number of aromatic nitrogens is 3. The molecule has 0 saturated carbocycles. The summed E-state index contributed by atoms with van der Waals surface area (Å²) in [6.45, 7) is 0.548. The fraction of sp³-hybridized carbons (Fsp3) is 0.0625. The standard InChI is InChI=1S/C16H14Cl2N6/c17-11-3-4-12(18)13(6-11)24-16-14(19)15(22-9-23-16)21-8-10-2-1-5-20-7-10/h1-7,9H,8,19H2,(H2,21,22,23,24). The van der Waals surface area contributed by atoms with E-state index in [-0.39, 0.29) is 0 Å². The highest BCUT2D eigenvalue weighted by atomic mass is 35.5. The Morgan fingerprint density at radius 3 is 2.71 bits per heavy atom. The monoisotopic (exact) mass is 360 g/mol. The van der Waals surface area contributed by atoms with Crippen LogP contribution in [0.2, 0.25) is 10.0 Å². The van der Waals surface area contributed by atoms with Crippen LogP contribution in [0, 0.1) is 0 Å². The molecular formula is C16H14Cl2N6. The quantitative estimate of drug-likeness (QED) is 0.634. The maximum Gasteiger partial charge on any atom is 0.159 e. The highest BCUT2D eigenvalue weighted by Gasteiger charge is 2.10. The summed E-state index contributed by atoms with van der Waals surface area (Å²) in [4.78, 5) is 12.4. The van der Waals surface area contributed by atoms with Crippen LogP contribution in [-0.4, -0.2) is 15.0 Å². The third-order valence-corrected chi connectivity index (χ3v) is 3.81. The van der Waals surface area contributed by atoms with Crippen molar-refractivity contribution in [1.82, 2.24) is 15.0 Å². The zero-order valence-corrected chi connectivity index (χ0v) is 14.0. The number of rotatable bonds is 5. The molecular weight excluding hydrogens is 347 g/mol. The van der Waals surface area contributed by atoms with Crippen molar-refractivity contribution in [2.45, 2.75) is 6.54 Å². The van der Waals surface area contributed by atoms with Gasteiger partial charge in [-0.05, 0) is 29.8 Å². The van der Waals surface area contributed by atoms with Crippen molar-refractivity contribution in [3.8, 4) is 0 Å². The Bertz CT molecular complexity index is 841. The lowest BCUT2D eigenvalue weighted by Crippen LogP contribution is -2.08. The molecule has 2 heterocycles. The van der Waals surface area contributed by atoms with Crippen LogP contribution in [-0.2, 0) is 6.54 Å². The molecule has 0 radical (unpaired) electrons. The summed E-state index contributed by atoms with van der Waals surface area (Å²) in [5.41, 5.74) is 8.16. The molecule has 6 nitrogen and oxygen atoms in total. The minimum Gasteiger partial charge on any atom is -0.393 e.